The number of hydrogen-bond donors (Lipinski definition) is 0. The molecule has 0 bridgehead atoms. The predicted molar refractivity (Wildman–Crippen MR) is 217 cm³/mol. The summed E-state index contributed by atoms with van der Waals surface area (Å²) in [5, 5.41) is 0. The van der Waals surface area contributed by atoms with E-state index in [1.54, 1.807) is 0 Å². The van der Waals surface area contributed by atoms with E-state index >= 15 is 0 Å². The van der Waals surface area contributed by atoms with Crippen LogP contribution >= 0.6 is 0 Å². The van der Waals surface area contributed by atoms with Gasteiger partial charge in [-0.2, -0.15) is 0 Å². The normalized spacial score (nSPS) is 15.1. The summed E-state index contributed by atoms with van der Waals surface area (Å²) < 4.78 is 0. The molecule has 4 atom stereocenters. The Labute approximate surface area is 305 Å². The molecule has 0 spiro atoms. The Kier molecular flexibility index (Phi) is 9.95. The Morgan fingerprint density at radius 3 is 0.843 bits per heavy atom. The molecule has 0 saturated carbocycles. The third kappa shape index (κ3) is 7.01. The van der Waals surface area contributed by atoms with E-state index in [1.807, 2.05) is 0 Å². The smallest absolute Gasteiger partial charge is 0.0989 e. The summed E-state index contributed by atoms with van der Waals surface area (Å²) in [7, 11) is 0. The highest BCUT2D eigenvalue weighted by Crippen LogP contribution is 2.45. The lowest BCUT2D eigenvalue weighted by Gasteiger charge is -2.33. The molecule has 1 heterocycles. The first-order valence-electron chi connectivity index (χ1n) is 18.5. The van der Waals surface area contributed by atoms with Crippen LogP contribution in [0.2, 0.25) is 0 Å². The van der Waals surface area contributed by atoms with Crippen LogP contribution < -0.4 is 9.80 Å². The molecule has 0 N–H and O–H groups in total. The fourth-order valence-corrected chi connectivity index (χ4v) is 8.05. The summed E-state index contributed by atoms with van der Waals surface area (Å²) in [6.45, 7) is 14.7. The van der Waals surface area contributed by atoms with Crippen molar-refractivity contribution in [2.75, 3.05) is 16.5 Å². The van der Waals surface area contributed by atoms with Crippen LogP contribution in [0.3, 0.4) is 0 Å². The summed E-state index contributed by atoms with van der Waals surface area (Å²) >= 11 is 0. The summed E-state index contributed by atoms with van der Waals surface area (Å²) in [6, 6.07) is 53.6. The molecule has 0 aromatic heterocycles. The third-order valence-electron chi connectivity index (χ3n) is 11.0. The highest BCUT2D eigenvalue weighted by molar-refractivity contribution is 5.73. The van der Waals surface area contributed by atoms with Crippen molar-refractivity contribution in [3.8, 4) is 0 Å². The second-order valence-corrected chi connectivity index (χ2v) is 14.5. The van der Waals surface area contributed by atoms with E-state index in [4.69, 9.17) is 0 Å². The van der Waals surface area contributed by atoms with Gasteiger partial charge in [0.05, 0.1) is 6.67 Å². The van der Waals surface area contributed by atoms with E-state index < -0.39 is 0 Å². The van der Waals surface area contributed by atoms with Crippen molar-refractivity contribution in [3.63, 3.8) is 0 Å². The van der Waals surface area contributed by atoms with E-state index in [9.17, 15) is 0 Å². The van der Waals surface area contributed by atoms with Crippen molar-refractivity contribution >= 4 is 11.4 Å². The highest BCUT2D eigenvalue weighted by atomic mass is 15.3. The van der Waals surface area contributed by atoms with Crippen LogP contribution in [0.4, 0.5) is 11.4 Å². The third-order valence-corrected chi connectivity index (χ3v) is 11.0. The Hall–Kier alpha value is -5.34. The molecule has 6 aromatic carbocycles. The van der Waals surface area contributed by atoms with Gasteiger partial charge in [-0.3, -0.25) is 0 Å². The van der Waals surface area contributed by atoms with Gasteiger partial charge < -0.3 is 9.80 Å². The van der Waals surface area contributed by atoms with Gasteiger partial charge in [0.25, 0.3) is 0 Å². The summed E-state index contributed by atoms with van der Waals surface area (Å²) in [5.74, 6) is 0.915. The van der Waals surface area contributed by atoms with Crippen molar-refractivity contribution in [2.45, 2.75) is 65.2 Å². The standard InChI is InChI=1S/C49H50N2/c1-34-29-44(36(3)40-19-11-7-12-20-40)48(45(30-34)37(4)41-21-13-8-14-22-41)50-27-28-51(33-50)49-46(38(5)42-23-15-9-16-24-42)31-35(2)32-47(49)39(6)43-25-17-10-18-26-43/h7-32,36-39H,33H2,1-6H3/t36-,37-,38-,39-/m0/s1. The predicted octanol–water partition coefficient (Wildman–Crippen LogP) is 12.7. The average Bonchev–Trinajstić information content (AvgIpc) is 3.66. The molecule has 0 radical (unpaired) electrons. The second-order valence-electron chi connectivity index (χ2n) is 14.5. The molecule has 0 fully saturated rings. The van der Waals surface area contributed by atoms with Gasteiger partial charge in [-0.05, 0) is 58.4 Å². The minimum atomic E-state index is 0.229. The summed E-state index contributed by atoms with van der Waals surface area (Å²) in [6.07, 6.45) is 4.64. The molecule has 2 nitrogen and oxygen atoms in total. The Morgan fingerprint density at radius 1 is 0.373 bits per heavy atom. The molecule has 0 saturated heterocycles. The first kappa shape index (κ1) is 34.1. The van der Waals surface area contributed by atoms with Crippen LogP contribution in [-0.4, -0.2) is 6.67 Å². The van der Waals surface area contributed by atoms with Gasteiger partial charge >= 0.3 is 0 Å². The van der Waals surface area contributed by atoms with Crippen LogP contribution in [0.15, 0.2) is 158 Å². The number of nitrogens with zero attached hydrogens (tertiary/aromatic N) is 2. The molecule has 2 heteroatoms. The topological polar surface area (TPSA) is 6.48 Å². The molecular formula is C49H50N2. The summed E-state index contributed by atoms with van der Waals surface area (Å²) in [4.78, 5) is 5.02. The van der Waals surface area contributed by atoms with Crippen LogP contribution in [0.1, 0.15) is 107 Å². The van der Waals surface area contributed by atoms with Gasteiger partial charge in [-0.25, -0.2) is 0 Å². The summed E-state index contributed by atoms with van der Waals surface area (Å²) in [5.41, 5.74) is 16.0. The van der Waals surface area contributed by atoms with E-state index in [1.165, 1.54) is 67.0 Å². The molecule has 0 unspecified atom stereocenters. The number of rotatable bonds is 10. The van der Waals surface area contributed by atoms with Crippen molar-refractivity contribution in [1.29, 1.82) is 0 Å². The highest BCUT2D eigenvalue weighted by Gasteiger charge is 2.30. The zero-order valence-electron chi connectivity index (χ0n) is 30.9. The lowest BCUT2D eigenvalue weighted by Crippen LogP contribution is -2.29. The maximum atomic E-state index is 2.51. The van der Waals surface area contributed by atoms with Crippen molar-refractivity contribution < 1.29 is 0 Å². The fraction of sp³-hybridized carbons (Fsp3) is 0.224. The molecule has 0 amide bonds. The van der Waals surface area contributed by atoms with E-state index in [2.05, 4.69) is 209 Å². The van der Waals surface area contributed by atoms with Gasteiger partial charge in [-0.15, -0.1) is 0 Å². The first-order chi connectivity index (χ1) is 24.8. The monoisotopic (exact) mass is 666 g/mol. The van der Waals surface area contributed by atoms with Crippen molar-refractivity contribution in [2.24, 2.45) is 0 Å². The molecule has 6 aromatic rings. The van der Waals surface area contributed by atoms with Crippen LogP contribution in [0.5, 0.6) is 0 Å². The fourth-order valence-electron chi connectivity index (χ4n) is 8.05. The van der Waals surface area contributed by atoms with Crippen LogP contribution in [0, 0.1) is 13.8 Å². The zero-order valence-corrected chi connectivity index (χ0v) is 30.9. The maximum absolute atomic E-state index is 2.51. The van der Waals surface area contributed by atoms with Gasteiger partial charge in [0.2, 0.25) is 0 Å². The molecule has 256 valence electrons. The van der Waals surface area contributed by atoms with Gasteiger partial charge in [0.1, 0.15) is 0 Å². The average molecular weight is 667 g/mol. The molecular weight excluding hydrogens is 617 g/mol. The quantitative estimate of drug-likeness (QED) is 0.144. The molecule has 0 aliphatic carbocycles. The van der Waals surface area contributed by atoms with Gasteiger partial charge in [0.15, 0.2) is 0 Å². The van der Waals surface area contributed by atoms with Crippen LogP contribution in [-0.2, 0) is 0 Å². The van der Waals surface area contributed by atoms with Crippen LogP contribution in [0.25, 0.3) is 0 Å². The number of benzene rings is 6. The van der Waals surface area contributed by atoms with E-state index in [-0.39, 0.29) is 23.7 Å². The van der Waals surface area contributed by atoms with Gasteiger partial charge in [-0.1, -0.05) is 184 Å². The van der Waals surface area contributed by atoms with Gasteiger partial charge in [0, 0.05) is 47.4 Å². The minimum Gasteiger partial charge on any atom is -0.327 e. The Balaban J connectivity index is 1.37. The lowest BCUT2D eigenvalue weighted by atomic mass is 9.83. The van der Waals surface area contributed by atoms with Crippen molar-refractivity contribution in [3.05, 3.63) is 214 Å². The van der Waals surface area contributed by atoms with Crippen molar-refractivity contribution in [1.82, 2.24) is 0 Å². The minimum absolute atomic E-state index is 0.229. The SMILES string of the molecule is Cc1cc([C@@H](C)c2ccccc2)c(N2C=CN(c3c([C@@H](C)c4ccccc4)cc(C)cc3[C@@H](C)c3ccccc3)C2)c([C@@H](C)c2ccccc2)c1. The molecule has 1 aliphatic rings. The molecule has 51 heavy (non-hydrogen) atoms. The largest absolute Gasteiger partial charge is 0.327 e. The maximum Gasteiger partial charge on any atom is 0.0989 e. The Bertz CT molecular complexity index is 1820. The molecule has 7 rings (SSSR count). The van der Waals surface area contributed by atoms with E-state index in [0.717, 1.165) is 6.67 Å². The number of anilines is 2. The lowest BCUT2D eigenvalue weighted by molar-refractivity contribution is 0.838. The van der Waals surface area contributed by atoms with E-state index in [0.29, 0.717) is 0 Å². The number of hydrogen-bond acceptors (Lipinski definition) is 2. The Morgan fingerprint density at radius 2 is 0.608 bits per heavy atom. The number of aryl methyl sites for hydroxylation is 2. The molecule has 1 aliphatic heterocycles. The second kappa shape index (κ2) is 14.9. The zero-order chi connectivity index (χ0) is 35.5. The first-order valence-corrected chi connectivity index (χ1v) is 18.5.